The predicted molar refractivity (Wildman–Crippen MR) is 55.2 cm³/mol. The molecule has 6 heteroatoms. The van der Waals surface area contributed by atoms with E-state index < -0.39 is 17.8 Å². The maximum Gasteiger partial charge on any atom is 0.305 e. The van der Waals surface area contributed by atoms with Gasteiger partial charge in [-0.3, -0.25) is 9.78 Å². The van der Waals surface area contributed by atoms with Gasteiger partial charge in [0.25, 0.3) is 0 Å². The molecular weight excluding hydrogens is 213 g/mol. The van der Waals surface area contributed by atoms with Crippen molar-refractivity contribution < 1.29 is 14.3 Å². The number of carboxylic acids is 1. The number of hydrogen-bond donors (Lipinski definition) is 3. The Morgan fingerprint density at radius 2 is 2.38 bits per heavy atom. The largest absolute Gasteiger partial charge is 0.481 e. The van der Waals surface area contributed by atoms with E-state index in [1.54, 1.807) is 6.07 Å². The first-order chi connectivity index (χ1) is 7.56. The third-order valence-electron chi connectivity index (χ3n) is 2.25. The molecule has 0 amide bonds. The number of hydrogen-bond acceptors (Lipinski definition) is 3. The van der Waals surface area contributed by atoms with Gasteiger partial charge < -0.3 is 15.8 Å². The summed E-state index contributed by atoms with van der Waals surface area (Å²) in [5.41, 5.74) is 7.28. The fourth-order valence-electron chi connectivity index (χ4n) is 1.50. The van der Waals surface area contributed by atoms with Gasteiger partial charge in [0.05, 0.1) is 29.7 Å². The van der Waals surface area contributed by atoms with E-state index in [4.69, 9.17) is 10.8 Å². The molecule has 16 heavy (non-hydrogen) atoms. The molecule has 84 valence electrons. The number of aromatic nitrogens is 2. The SMILES string of the molecule is NC(CC(=O)O)c1cc2ncc(F)cc2[nH]1. The number of rotatable bonds is 3. The summed E-state index contributed by atoms with van der Waals surface area (Å²) in [6, 6.07) is 2.27. The van der Waals surface area contributed by atoms with E-state index in [0.717, 1.165) is 6.20 Å². The minimum absolute atomic E-state index is 0.185. The summed E-state index contributed by atoms with van der Waals surface area (Å²) in [5, 5.41) is 8.59. The first kappa shape index (κ1) is 10.6. The van der Waals surface area contributed by atoms with Gasteiger partial charge in [-0.2, -0.15) is 0 Å². The van der Waals surface area contributed by atoms with Crippen LogP contribution in [-0.2, 0) is 4.79 Å². The van der Waals surface area contributed by atoms with Crippen molar-refractivity contribution in [2.45, 2.75) is 12.5 Å². The number of aliphatic carboxylic acids is 1. The molecule has 0 spiro atoms. The highest BCUT2D eigenvalue weighted by atomic mass is 19.1. The van der Waals surface area contributed by atoms with Crippen molar-refractivity contribution in [3.05, 3.63) is 29.8 Å². The minimum Gasteiger partial charge on any atom is -0.481 e. The van der Waals surface area contributed by atoms with Crippen molar-refractivity contribution >= 4 is 17.0 Å². The zero-order chi connectivity index (χ0) is 11.7. The minimum atomic E-state index is -0.981. The average molecular weight is 223 g/mol. The molecule has 1 atom stereocenters. The number of pyridine rings is 1. The quantitative estimate of drug-likeness (QED) is 0.728. The lowest BCUT2D eigenvalue weighted by atomic mass is 10.1. The highest BCUT2D eigenvalue weighted by Gasteiger charge is 2.13. The fraction of sp³-hybridized carbons (Fsp3) is 0.200. The molecule has 2 aromatic rings. The van der Waals surface area contributed by atoms with Crippen LogP contribution in [0.1, 0.15) is 18.2 Å². The number of H-pyrrole nitrogens is 1. The van der Waals surface area contributed by atoms with Gasteiger partial charge >= 0.3 is 5.97 Å². The molecule has 2 aromatic heterocycles. The summed E-state index contributed by atoms with van der Waals surface area (Å²) in [6.07, 6.45) is 0.915. The lowest BCUT2D eigenvalue weighted by Gasteiger charge is -2.04. The van der Waals surface area contributed by atoms with Crippen molar-refractivity contribution in [1.82, 2.24) is 9.97 Å². The Morgan fingerprint density at radius 3 is 3.06 bits per heavy atom. The third-order valence-corrected chi connectivity index (χ3v) is 2.25. The van der Waals surface area contributed by atoms with Crippen molar-refractivity contribution in [1.29, 1.82) is 0 Å². The summed E-state index contributed by atoms with van der Waals surface area (Å²) in [6.45, 7) is 0. The van der Waals surface area contributed by atoms with Crippen LogP contribution in [0.5, 0.6) is 0 Å². The van der Waals surface area contributed by atoms with E-state index in [1.807, 2.05) is 0 Å². The number of aromatic amines is 1. The molecule has 2 rings (SSSR count). The van der Waals surface area contributed by atoms with Gasteiger partial charge in [-0.05, 0) is 6.07 Å². The second kappa shape index (κ2) is 3.90. The maximum absolute atomic E-state index is 12.8. The Morgan fingerprint density at radius 1 is 1.62 bits per heavy atom. The van der Waals surface area contributed by atoms with Crippen molar-refractivity contribution in [3.8, 4) is 0 Å². The number of nitrogens with zero attached hydrogens (tertiary/aromatic N) is 1. The second-order valence-corrected chi connectivity index (χ2v) is 3.52. The van der Waals surface area contributed by atoms with Crippen LogP contribution in [0.4, 0.5) is 4.39 Å². The second-order valence-electron chi connectivity index (χ2n) is 3.52. The Kier molecular flexibility index (Phi) is 2.57. The summed E-state index contributed by atoms with van der Waals surface area (Å²) in [5.74, 6) is -1.43. The molecule has 0 aromatic carbocycles. The molecule has 0 saturated carbocycles. The van der Waals surface area contributed by atoms with E-state index >= 15 is 0 Å². The lowest BCUT2D eigenvalue weighted by molar-refractivity contribution is -0.137. The number of carbonyl (C=O) groups is 1. The van der Waals surface area contributed by atoms with Crippen molar-refractivity contribution in [3.63, 3.8) is 0 Å². The van der Waals surface area contributed by atoms with Gasteiger partial charge in [0.1, 0.15) is 5.82 Å². The zero-order valence-electron chi connectivity index (χ0n) is 8.27. The number of fused-ring (bicyclic) bond motifs is 1. The van der Waals surface area contributed by atoms with Crippen molar-refractivity contribution in [2.75, 3.05) is 0 Å². The van der Waals surface area contributed by atoms with Gasteiger partial charge in [0, 0.05) is 11.8 Å². The molecule has 4 N–H and O–H groups in total. The number of carboxylic acid groups (broad SMARTS) is 1. The highest BCUT2D eigenvalue weighted by molar-refractivity contribution is 5.76. The van der Waals surface area contributed by atoms with Gasteiger partial charge in [-0.15, -0.1) is 0 Å². The van der Waals surface area contributed by atoms with E-state index in [1.165, 1.54) is 6.07 Å². The smallest absolute Gasteiger partial charge is 0.305 e. The first-order valence-corrected chi connectivity index (χ1v) is 4.68. The Balaban J connectivity index is 2.35. The standard InChI is InChI=1S/C10H10FN3O2/c11-5-1-9-8(13-4-5)3-7(14-9)6(12)2-10(15)16/h1,3-4,6,14H,2,12H2,(H,15,16). The summed E-state index contributed by atoms with van der Waals surface area (Å²) in [4.78, 5) is 17.2. The van der Waals surface area contributed by atoms with Gasteiger partial charge in [0.2, 0.25) is 0 Å². The van der Waals surface area contributed by atoms with E-state index in [9.17, 15) is 9.18 Å². The molecule has 0 aliphatic carbocycles. The summed E-state index contributed by atoms with van der Waals surface area (Å²) in [7, 11) is 0. The monoisotopic (exact) mass is 223 g/mol. The molecular formula is C10H10FN3O2. The summed E-state index contributed by atoms with van der Waals surface area (Å²) < 4.78 is 12.8. The fourth-order valence-corrected chi connectivity index (χ4v) is 1.50. The van der Waals surface area contributed by atoms with Gasteiger partial charge in [-0.1, -0.05) is 0 Å². The van der Waals surface area contributed by atoms with Crippen LogP contribution in [0.2, 0.25) is 0 Å². The normalized spacial score (nSPS) is 12.9. The molecule has 2 heterocycles. The Bertz CT molecular complexity index is 538. The van der Waals surface area contributed by atoms with Crippen LogP contribution < -0.4 is 5.73 Å². The van der Waals surface area contributed by atoms with Crippen LogP contribution in [0, 0.1) is 5.82 Å². The molecule has 0 saturated heterocycles. The molecule has 5 nitrogen and oxygen atoms in total. The van der Waals surface area contributed by atoms with Crippen LogP contribution in [0.25, 0.3) is 11.0 Å². The Labute approximate surface area is 90.1 Å². The number of nitrogens with two attached hydrogens (primary N) is 1. The Hall–Kier alpha value is -1.95. The number of nitrogens with one attached hydrogen (secondary N) is 1. The van der Waals surface area contributed by atoms with Gasteiger partial charge in [0.15, 0.2) is 0 Å². The van der Waals surface area contributed by atoms with E-state index in [-0.39, 0.29) is 6.42 Å². The predicted octanol–water partition coefficient (Wildman–Crippen LogP) is 1.18. The van der Waals surface area contributed by atoms with Crippen LogP contribution >= 0.6 is 0 Å². The zero-order valence-corrected chi connectivity index (χ0v) is 8.27. The van der Waals surface area contributed by atoms with Crippen LogP contribution in [0.15, 0.2) is 18.3 Å². The van der Waals surface area contributed by atoms with E-state index in [0.29, 0.717) is 16.7 Å². The maximum atomic E-state index is 12.8. The molecule has 0 bridgehead atoms. The van der Waals surface area contributed by atoms with Crippen LogP contribution in [-0.4, -0.2) is 21.0 Å². The third kappa shape index (κ3) is 2.01. The number of halogens is 1. The first-order valence-electron chi connectivity index (χ1n) is 4.68. The lowest BCUT2D eigenvalue weighted by Crippen LogP contribution is -2.15. The topological polar surface area (TPSA) is 92.0 Å². The highest BCUT2D eigenvalue weighted by Crippen LogP contribution is 2.19. The molecule has 0 aliphatic heterocycles. The molecule has 0 fully saturated rings. The average Bonchev–Trinajstić information content (AvgIpc) is 2.59. The molecule has 0 radical (unpaired) electrons. The van der Waals surface area contributed by atoms with Crippen LogP contribution in [0.3, 0.4) is 0 Å². The molecule has 1 unspecified atom stereocenters. The van der Waals surface area contributed by atoms with Crippen molar-refractivity contribution in [2.24, 2.45) is 5.73 Å². The van der Waals surface area contributed by atoms with Gasteiger partial charge in [-0.25, -0.2) is 4.39 Å². The summed E-state index contributed by atoms with van der Waals surface area (Å²) >= 11 is 0. The molecule has 0 aliphatic rings. The van der Waals surface area contributed by atoms with E-state index in [2.05, 4.69) is 9.97 Å².